The van der Waals surface area contributed by atoms with Crippen molar-refractivity contribution in [1.82, 2.24) is 9.88 Å². The second-order valence-electron chi connectivity index (χ2n) is 7.28. The fraction of sp³-hybridized carbons (Fsp3) is 0.238. The second kappa shape index (κ2) is 10.1. The molecule has 0 amide bonds. The Bertz CT molecular complexity index is 1360. The predicted octanol–water partition coefficient (Wildman–Crippen LogP) is 4.25. The number of thiazole rings is 1. The summed E-state index contributed by atoms with van der Waals surface area (Å²) in [6, 6.07) is 3.53. The predicted molar refractivity (Wildman–Crippen MR) is 132 cm³/mol. The van der Waals surface area contributed by atoms with E-state index in [0.717, 1.165) is 18.4 Å². The number of allylic oxidation sites excluding steroid dienone is 1. The summed E-state index contributed by atoms with van der Waals surface area (Å²) in [6.07, 6.45) is 3.64. The highest BCUT2D eigenvalue weighted by Gasteiger charge is 2.38. The van der Waals surface area contributed by atoms with E-state index in [9.17, 15) is 17.6 Å². The van der Waals surface area contributed by atoms with Gasteiger partial charge in [-0.15, -0.1) is 11.3 Å². The SMILES string of the molecule is COC(=O)CS(=O)(=O)/N=C1\CC2=C(/C=C/Br)[C@H](c3ccc(F)cc3Cl)N=C(c3nccs3)N2C1. The first kappa shape index (κ1) is 24.7. The van der Waals surface area contributed by atoms with Gasteiger partial charge in [0.25, 0.3) is 10.0 Å². The monoisotopic (exact) mass is 586 g/mol. The normalized spacial score (nSPS) is 19.6. The Kier molecular flexibility index (Phi) is 7.31. The van der Waals surface area contributed by atoms with Crippen molar-refractivity contribution in [2.45, 2.75) is 12.5 Å². The number of hydrogen-bond acceptors (Lipinski definition) is 8. The number of ether oxygens (including phenoxy) is 1. The molecule has 34 heavy (non-hydrogen) atoms. The van der Waals surface area contributed by atoms with E-state index in [4.69, 9.17) is 16.6 Å². The molecule has 0 unspecified atom stereocenters. The molecule has 2 aromatic rings. The maximum absolute atomic E-state index is 13.7. The molecule has 2 aliphatic heterocycles. The van der Waals surface area contributed by atoms with E-state index in [2.05, 4.69) is 30.0 Å². The molecule has 3 heterocycles. The Morgan fingerprint density at radius 1 is 1.47 bits per heavy atom. The Balaban J connectivity index is 1.84. The molecule has 0 spiro atoms. The number of carbonyl (C=O) groups is 1. The molecule has 8 nitrogen and oxygen atoms in total. The molecular weight excluding hydrogens is 571 g/mol. The van der Waals surface area contributed by atoms with E-state index in [1.54, 1.807) is 28.7 Å². The molecule has 0 radical (unpaired) electrons. The lowest BCUT2D eigenvalue weighted by molar-refractivity contribution is -0.137. The van der Waals surface area contributed by atoms with Gasteiger partial charge in [-0.25, -0.2) is 17.8 Å². The molecule has 1 saturated heterocycles. The molecule has 2 aliphatic rings. The summed E-state index contributed by atoms with van der Waals surface area (Å²) in [5.74, 6) is -1.68. The topological polar surface area (TPSA) is 101 Å². The lowest BCUT2D eigenvalue weighted by atomic mass is 9.94. The molecule has 4 rings (SSSR count). The van der Waals surface area contributed by atoms with Gasteiger partial charge >= 0.3 is 5.97 Å². The van der Waals surface area contributed by atoms with Gasteiger partial charge in [0.2, 0.25) is 0 Å². The first-order chi connectivity index (χ1) is 16.2. The summed E-state index contributed by atoms with van der Waals surface area (Å²) in [5, 5.41) is 2.65. The molecule has 178 valence electrons. The van der Waals surface area contributed by atoms with E-state index in [1.807, 2.05) is 4.90 Å². The van der Waals surface area contributed by atoms with E-state index in [1.165, 1.54) is 23.5 Å². The fourth-order valence-electron chi connectivity index (χ4n) is 3.72. The zero-order chi connectivity index (χ0) is 24.5. The van der Waals surface area contributed by atoms with Crippen LogP contribution in [0.1, 0.15) is 23.0 Å². The van der Waals surface area contributed by atoms with Gasteiger partial charge < -0.3 is 9.64 Å². The zero-order valence-electron chi connectivity index (χ0n) is 17.6. The van der Waals surface area contributed by atoms with Gasteiger partial charge in [0, 0.05) is 34.3 Å². The van der Waals surface area contributed by atoms with Crippen molar-refractivity contribution in [2.75, 3.05) is 19.4 Å². The maximum Gasteiger partial charge on any atom is 0.322 e. The maximum atomic E-state index is 13.7. The van der Waals surface area contributed by atoms with Crippen LogP contribution in [0.3, 0.4) is 0 Å². The molecule has 1 fully saturated rings. The smallest absolute Gasteiger partial charge is 0.322 e. The molecular formula is C21H17BrClFN4O4S2. The molecule has 1 aromatic heterocycles. The number of methoxy groups -OCH3 is 1. The summed E-state index contributed by atoms with van der Waals surface area (Å²) in [7, 11) is -2.96. The summed E-state index contributed by atoms with van der Waals surface area (Å²) >= 11 is 11.1. The van der Waals surface area contributed by atoms with Crippen molar-refractivity contribution in [1.29, 1.82) is 0 Å². The highest BCUT2D eigenvalue weighted by atomic mass is 79.9. The minimum absolute atomic E-state index is 0.150. The molecule has 1 atom stereocenters. The van der Waals surface area contributed by atoms with Gasteiger partial charge in [0.15, 0.2) is 16.6 Å². The number of aliphatic imine (C=N–C) groups is 1. The van der Waals surface area contributed by atoms with Crippen LogP contribution < -0.4 is 0 Å². The number of hydrogen-bond donors (Lipinski definition) is 0. The fourth-order valence-corrected chi connectivity index (χ4v) is 5.91. The van der Waals surface area contributed by atoms with Crippen molar-refractivity contribution >= 4 is 66.4 Å². The van der Waals surface area contributed by atoms with Crippen LogP contribution in [0, 0.1) is 5.82 Å². The van der Waals surface area contributed by atoms with E-state index >= 15 is 0 Å². The Morgan fingerprint density at radius 3 is 2.91 bits per heavy atom. The summed E-state index contributed by atoms with van der Waals surface area (Å²) in [4.78, 5) is 24.3. The number of halogens is 3. The minimum Gasteiger partial charge on any atom is -0.468 e. The summed E-state index contributed by atoms with van der Waals surface area (Å²) in [5.41, 5.74) is 2.43. The molecule has 0 aliphatic carbocycles. The number of benzene rings is 1. The van der Waals surface area contributed by atoms with Crippen LogP contribution in [0.15, 0.2) is 61.5 Å². The van der Waals surface area contributed by atoms with Gasteiger partial charge in [0.1, 0.15) is 11.9 Å². The largest absolute Gasteiger partial charge is 0.468 e. The standard InChI is InChI=1S/C21H17BrClFN4O4S2/c1-32-18(29)11-34(30,31)27-13-9-17-15(4-5-22)19(14-3-2-12(24)8-16(14)23)26-20(28(17)10-13)21-25-6-7-33-21/h2-8,19H,9-11H2,1H3/b5-4+,27-13+/t19-/m0/s1. The van der Waals surface area contributed by atoms with Crippen molar-refractivity contribution in [2.24, 2.45) is 9.39 Å². The molecule has 13 heteroatoms. The highest BCUT2D eigenvalue weighted by Crippen LogP contribution is 2.42. The lowest BCUT2D eigenvalue weighted by Gasteiger charge is -2.31. The van der Waals surface area contributed by atoms with E-state index in [-0.39, 0.29) is 18.0 Å². The van der Waals surface area contributed by atoms with Gasteiger partial charge in [-0.1, -0.05) is 33.6 Å². The van der Waals surface area contributed by atoms with Crippen molar-refractivity contribution in [3.63, 3.8) is 0 Å². The quantitative estimate of drug-likeness (QED) is 0.469. The van der Waals surface area contributed by atoms with Crippen LogP contribution in [0.25, 0.3) is 0 Å². The molecule has 0 saturated carbocycles. The van der Waals surface area contributed by atoms with Crippen molar-refractivity contribution in [3.8, 4) is 0 Å². The van der Waals surface area contributed by atoms with E-state index in [0.29, 0.717) is 22.1 Å². The van der Waals surface area contributed by atoms with Crippen LogP contribution in [0.2, 0.25) is 5.02 Å². The number of sulfonamides is 1. The van der Waals surface area contributed by atoms with Crippen LogP contribution in [-0.2, 0) is 19.6 Å². The third-order valence-corrected chi connectivity index (χ3v) is 7.59. The second-order valence-corrected chi connectivity index (χ2v) is 10.7. The molecule has 1 aromatic carbocycles. The van der Waals surface area contributed by atoms with Crippen LogP contribution >= 0.6 is 38.9 Å². The first-order valence-corrected chi connectivity index (χ1v) is 13.6. The molecule has 0 bridgehead atoms. The van der Waals surface area contributed by atoms with Crippen molar-refractivity contribution < 1.29 is 22.3 Å². The van der Waals surface area contributed by atoms with Gasteiger partial charge in [-0.05, 0) is 28.8 Å². The number of amidine groups is 1. The van der Waals surface area contributed by atoms with Crippen LogP contribution in [0.4, 0.5) is 4.39 Å². The van der Waals surface area contributed by atoms with Crippen LogP contribution in [-0.4, -0.2) is 55.2 Å². The van der Waals surface area contributed by atoms with Crippen LogP contribution in [0.5, 0.6) is 0 Å². The lowest BCUT2D eigenvalue weighted by Crippen LogP contribution is -2.33. The van der Waals surface area contributed by atoms with Crippen molar-refractivity contribution in [3.05, 3.63) is 73.5 Å². The number of rotatable bonds is 6. The van der Waals surface area contributed by atoms with Gasteiger partial charge in [-0.3, -0.25) is 9.79 Å². The third-order valence-electron chi connectivity index (χ3n) is 5.09. The summed E-state index contributed by atoms with van der Waals surface area (Å²) < 4.78 is 46.9. The van der Waals surface area contributed by atoms with E-state index < -0.39 is 33.6 Å². The first-order valence-electron chi connectivity index (χ1n) is 9.79. The Labute approximate surface area is 212 Å². The van der Waals surface area contributed by atoms with Gasteiger partial charge in [-0.2, -0.15) is 4.40 Å². The Morgan fingerprint density at radius 2 is 2.26 bits per heavy atom. The number of fused-ring (bicyclic) bond motifs is 1. The summed E-state index contributed by atoms with van der Waals surface area (Å²) in [6.45, 7) is 0.150. The number of esters is 1. The molecule has 0 N–H and O–H groups in total. The average molecular weight is 588 g/mol. The minimum atomic E-state index is -4.08. The zero-order valence-corrected chi connectivity index (χ0v) is 21.6. The number of aromatic nitrogens is 1. The average Bonchev–Trinajstić information content (AvgIpc) is 3.44. The number of carbonyl (C=O) groups excluding carboxylic acids is 1. The highest BCUT2D eigenvalue weighted by molar-refractivity contribution is 9.11. The Hall–Kier alpha value is -2.41. The number of nitrogens with zero attached hydrogens (tertiary/aromatic N) is 4. The van der Waals surface area contributed by atoms with Gasteiger partial charge in [0.05, 0.1) is 19.4 Å². The third kappa shape index (κ3) is 5.14.